The van der Waals surface area contributed by atoms with Crippen LogP contribution in [-0.2, 0) is 0 Å². The second-order valence-electron chi connectivity index (χ2n) is 5.13. The van der Waals surface area contributed by atoms with Gasteiger partial charge in [0.25, 0.3) is 5.91 Å². The van der Waals surface area contributed by atoms with Gasteiger partial charge in [0.15, 0.2) is 0 Å². The number of hydrogen-bond donors (Lipinski definition) is 2. The summed E-state index contributed by atoms with van der Waals surface area (Å²) in [5.74, 6) is 0.757. The zero-order chi connectivity index (χ0) is 13.1. The summed E-state index contributed by atoms with van der Waals surface area (Å²) in [6.07, 6.45) is 5.33. The molecule has 18 heavy (non-hydrogen) atoms. The molecule has 1 aromatic rings. The van der Waals surface area contributed by atoms with E-state index in [2.05, 4.69) is 5.32 Å². The number of hydrogen-bond acceptors (Lipinski definition) is 4. The molecular formula is C13H21N3OS. The first-order valence-electron chi connectivity index (χ1n) is 6.42. The number of nitrogens with one attached hydrogen (secondary N) is 1. The van der Waals surface area contributed by atoms with E-state index in [1.165, 1.54) is 37.0 Å². The van der Waals surface area contributed by atoms with Crippen molar-refractivity contribution in [3.05, 3.63) is 10.9 Å². The van der Waals surface area contributed by atoms with Crippen molar-refractivity contribution in [2.24, 2.45) is 5.92 Å². The number of carbonyl (C=O) groups excluding carboxylic acids is 1. The number of amides is 1. The number of rotatable bonds is 4. The Morgan fingerprint density at radius 2 is 2.17 bits per heavy atom. The van der Waals surface area contributed by atoms with Gasteiger partial charge in [-0.3, -0.25) is 4.79 Å². The molecule has 0 saturated heterocycles. The number of nitrogens with two attached hydrogens (primary N) is 1. The van der Waals surface area contributed by atoms with Crippen molar-refractivity contribution in [2.45, 2.75) is 25.7 Å². The van der Waals surface area contributed by atoms with Crippen LogP contribution >= 0.6 is 11.3 Å². The number of nitrogens with zero attached hydrogens (tertiary/aromatic N) is 1. The van der Waals surface area contributed by atoms with Gasteiger partial charge in [0.2, 0.25) is 0 Å². The van der Waals surface area contributed by atoms with Gasteiger partial charge in [-0.1, -0.05) is 12.8 Å². The predicted octanol–water partition coefficient (Wildman–Crippen LogP) is 2.63. The van der Waals surface area contributed by atoms with Crippen molar-refractivity contribution in [1.82, 2.24) is 4.90 Å². The van der Waals surface area contributed by atoms with E-state index in [-0.39, 0.29) is 5.91 Å². The van der Waals surface area contributed by atoms with Crippen molar-refractivity contribution >= 4 is 27.9 Å². The molecule has 1 aliphatic carbocycles. The average Bonchev–Trinajstić information content (AvgIpc) is 2.94. The number of thiophene rings is 1. The Hall–Kier alpha value is -1.23. The van der Waals surface area contributed by atoms with Gasteiger partial charge in [0, 0.05) is 20.6 Å². The van der Waals surface area contributed by atoms with Gasteiger partial charge in [0.05, 0.1) is 10.7 Å². The molecular weight excluding hydrogens is 246 g/mol. The molecule has 2 rings (SSSR count). The van der Waals surface area contributed by atoms with Crippen LogP contribution in [0.2, 0.25) is 0 Å². The summed E-state index contributed by atoms with van der Waals surface area (Å²) in [7, 11) is 3.49. The van der Waals surface area contributed by atoms with Crippen LogP contribution in [0.15, 0.2) is 6.07 Å². The fourth-order valence-electron chi connectivity index (χ4n) is 2.32. The van der Waals surface area contributed by atoms with Gasteiger partial charge in [-0.05, 0) is 24.8 Å². The summed E-state index contributed by atoms with van der Waals surface area (Å²) in [6, 6.07) is 1.87. The normalized spacial score (nSPS) is 15.9. The highest BCUT2D eigenvalue weighted by Gasteiger charge is 2.18. The lowest BCUT2D eigenvalue weighted by atomic mass is 10.1. The molecule has 1 aliphatic rings. The van der Waals surface area contributed by atoms with Crippen LogP contribution in [0, 0.1) is 5.92 Å². The lowest BCUT2D eigenvalue weighted by Gasteiger charge is -2.10. The molecule has 1 fully saturated rings. The molecule has 0 bridgehead atoms. The number of carbonyl (C=O) groups is 1. The van der Waals surface area contributed by atoms with Crippen LogP contribution in [0.25, 0.3) is 0 Å². The Balaban J connectivity index is 1.97. The molecule has 0 aromatic carbocycles. The van der Waals surface area contributed by atoms with E-state index in [0.717, 1.165) is 17.5 Å². The Morgan fingerprint density at radius 1 is 1.50 bits per heavy atom. The van der Waals surface area contributed by atoms with Crippen LogP contribution in [0.5, 0.6) is 0 Å². The highest BCUT2D eigenvalue weighted by molar-refractivity contribution is 7.18. The summed E-state index contributed by atoms with van der Waals surface area (Å²) < 4.78 is 0. The van der Waals surface area contributed by atoms with Gasteiger partial charge in [-0.2, -0.15) is 0 Å². The largest absolute Gasteiger partial charge is 0.397 e. The highest BCUT2D eigenvalue weighted by Crippen LogP contribution is 2.31. The van der Waals surface area contributed by atoms with Crippen LogP contribution in [-0.4, -0.2) is 31.4 Å². The van der Waals surface area contributed by atoms with Gasteiger partial charge in [-0.25, -0.2) is 0 Å². The SMILES string of the molecule is CN(C)C(=O)c1sc(NCC2CCCC2)cc1N. The lowest BCUT2D eigenvalue weighted by Crippen LogP contribution is -2.21. The van der Waals surface area contributed by atoms with Crippen molar-refractivity contribution in [3.8, 4) is 0 Å². The molecule has 0 unspecified atom stereocenters. The maximum Gasteiger partial charge on any atom is 0.265 e. The first kappa shape index (κ1) is 13.2. The minimum atomic E-state index is -0.0218. The summed E-state index contributed by atoms with van der Waals surface area (Å²) in [5, 5.41) is 4.41. The number of nitrogen functional groups attached to an aromatic ring is 1. The third-order valence-electron chi connectivity index (χ3n) is 3.40. The Kier molecular flexibility index (Phi) is 4.11. The van der Waals surface area contributed by atoms with E-state index < -0.39 is 0 Å². The van der Waals surface area contributed by atoms with E-state index in [1.54, 1.807) is 19.0 Å². The first-order chi connectivity index (χ1) is 8.58. The second kappa shape index (κ2) is 5.61. The molecule has 0 atom stereocenters. The average molecular weight is 267 g/mol. The Labute approximate surface area is 112 Å². The smallest absolute Gasteiger partial charge is 0.265 e. The van der Waals surface area contributed by atoms with Crippen molar-refractivity contribution in [2.75, 3.05) is 31.7 Å². The standard InChI is InChI=1S/C13H21N3OS/c1-16(2)13(17)12-10(14)7-11(18-12)15-8-9-5-3-4-6-9/h7,9,15H,3-6,8,14H2,1-2H3. The summed E-state index contributed by atoms with van der Waals surface area (Å²) in [6.45, 7) is 0.996. The molecule has 1 aromatic heterocycles. The van der Waals surface area contributed by atoms with E-state index in [0.29, 0.717) is 10.6 Å². The van der Waals surface area contributed by atoms with Gasteiger partial charge < -0.3 is 16.0 Å². The monoisotopic (exact) mass is 267 g/mol. The predicted molar refractivity (Wildman–Crippen MR) is 77.2 cm³/mol. The lowest BCUT2D eigenvalue weighted by molar-refractivity contribution is 0.0833. The molecule has 3 N–H and O–H groups in total. The molecule has 5 heteroatoms. The molecule has 0 radical (unpaired) electrons. The van der Waals surface area contributed by atoms with Gasteiger partial charge in [0.1, 0.15) is 4.88 Å². The van der Waals surface area contributed by atoms with Crippen LogP contribution in [0.1, 0.15) is 35.4 Å². The molecule has 4 nitrogen and oxygen atoms in total. The Bertz CT molecular complexity index is 422. The van der Waals surface area contributed by atoms with Crippen LogP contribution in [0.3, 0.4) is 0 Å². The molecule has 1 amide bonds. The zero-order valence-corrected chi connectivity index (χ0v) is 11.8. The van der Waals surface area contributed by atoms with E-state index in [4.69, 9.17) is 5.73 Å². The maximum atomic E-state index is 11.9. The Morgan fingerprint density at radius 3 is 2.78 bits per heavy atom. The maximum absolute atomic E-state index is 11.9. The molecule has 0 spiro atoms. The van der Waals surface area contributed by atoms with Crippen LogP contribution in [0.4, 0.5) is 10.7 Å². The van der Waals surface area contributed by atoms with Crippen molar-refractivity contribution in [1.29, 1.82) is 0 Å². The van der Waals surface area contributed by atoms with Crippen molar-refractivity contribution < 1.29 is 4.79 Å². The number of anilines is 2. The topological polar surface area (TPSA) is 58.4 Å². The minimum absolute atomic E-state index is 0.0218. The van der Waals surface area contributed by atoms with Crippen LogP contribution < -0.4 is 11.1 Å². The van der Waals surface area contributed by atoms with Gasteiger partial charge in [-0.15, -0.1) is 11.3 Å². The zero-order valence-electron chi connectivity index (χ0n) is 11.0. The summed E-state index contributed by atoms with van der Waals surface area (Å²) in [5.41, 5.74) is 6.46. The van der Waals surface area contributed by atoms with Crippen molar-refractivity contribution in [3.63, 3.8) is 0 Å². The van der Waals surface area contributed by atoms with E-state index in [1.807, 2.05) is 6.07 Å². The molecule has 100 valence electrons. The molecule has 1 heterocycles. The third kappa shape index (κ3) is 2.96. The summed E-state index contributed by atoms with van der Waals surface area (Å²) in [4.78, 5) is 14.1. The second-order valence-corrected chi connectivity index (χ2v) is 6.18. The molecule has 0 aliphatic heterocycles. The fraction of sp³-hybridized carbons (Fsp3) is 0.615. The van der Waals surface area contributed by atoms with Gasteiger partial charge >= 0.3 is 0 Å². The minimum Gasteiger partial charge on any atom is -0.397 e. The highest BCUT2D eigenvalue weighted by atomic mass is 32.1. The van der Waals surface area contributed by atoms with E-state index >= 15 is 0 Å². The fourth-order valence-corrected chi connectivity index (χ4v) is 3.33. The van der Waals surface area contributed by atoms with E-state index in [9.17, 15) is 4.79 Å². The quantitative estimate of drug-likeness (QED) is 0.881. The third-order valence-corrected chi connectivity index (χ3v) is 4.50. The molecule has 1 saturated carbocycles. The summed E-state index contributed by atoms with van der Waals surface area (Å²) >= 11 is 1.45. The first-order valence-corrected chi connectivity index (χ1v) is 7.24.